The molecule has 3 rings (SSSR count). The first kappa shape index (κ1) is 27.7. The van der Waals surface area contributed by atoms with Crippen molar-refractivity contribution in [3.8, 4) is 0 Å². The lowest BCUT2D eigenvalue weighted by atomic mass is 9.98. The molecule has 3 aromatic rings. The van der Waals surface area contributed by atoms with E-state index in [0.29, 0.717) is 11.3 Å². The molecule has 0 radical (unpaired) electrons. The van der Waals surface area contributed by atoms with Gasteiger partial charge in [0.05, 0.1) is 6.61 Å². The van der Waals surface area contributed by atoms with E-state index in [4.69, 9.17) is 4.74 Å². The van der Waals surface area contributed by atoms with Crippen LogP contribution in [0.4, 0.5) is 10.5 Å². The smallest absolute Gasteiger partial charge is 0.408 e. The summed E-state index contributed by atoms with van der Waals surface area (Å²) in [5.41, 5.74) is 1.27. The van der Waals surface area contributed by atoms with E-state index in [1.807, 2.05) is 55.5 Å². The zero-order valence-corrected chi connectivity index (χ0v) is 21.9. The summed E-state index contributed by atoms with van der Waals surface area (Å²) in [6.07, 6.45) is -0.745. The Kier molecular flexibility index (Phi) is 8.89. The lowest BCUT2D eigenvalue weighted by Crippen LogP contribution is -2.52. The Morgan fingerprint density at radius 1 is 0.973 bits per heavy atom. The number of hydrogen-bond donors (Lipinski definition) is 3. The number of aliphatic hydroxyl groups is 1. The SMILES string of the molecule is Cc1ccccc1C(C(=O)Nc1ccc2ccccc2c1)N(CCO)C(=O)C(C)NC(=O)OC(C)(C)C. The van der Waals surface area contributed by atoms with Crippen LogP contribution in [0.15, 0.2) is 66.7 Å². The number of anilines is 1. The van der Waals surface area contributed by atoms with Gasteiger partial charge in [0.25, 0.3) is 5.91 Å². The second-order valence-corrected chi connectivity index (χ2v) is 9.93. The molecule has 8 heteroatoms. The van der Waals surface area contributed by atoms with E-state index in [9.17, 15) is 19.5 Å². The highest BCUT2D eigenvalue weighted by Gasteiger charge is 2.35. The average Bonchev–Trinajstić information content (AvgIpc) is 2.83. The summed E-state index contributed by atoms with van der Waals surface area (Å²) in [6.45, 7) is 8.08. The third-order valence-corrected chi connectivity index (χ3v) is 5.79. The Labute approximate surface area is 217 Å². The van der Waals surface area contributed by atoms with Gasteiger partial charge in [0.1, 0.15) is 17.7 Å². The van der Waals surface area contributed by atoms with E-state index in [1.165, 1.54) is 11.8 Å². The number of alkyl carbamates (subject to hydrolysis) is 1. The summed E-state index contributed by atoms with van der Waals surface area (Å²) >= 11 is 0. The van der Waals surface area contributed by atoms with Crippen molar-refractivity contribution < 1.29 is 24.2 Å². The Bertz CT molecular complexity index is 1270. The lowest BCUT2D eigenvalue weighted by Gasteiger charge is -2.34. The number of hydrogen-bond acceptors (Lipinski definition) is 5. The number of nitrogens with zero attached hydrogens (tertiary/aromatic N) is 1. The molecule has 0 aliphatic heterocycles. The second kappa shape index (κ2) is 11.9. The lowest BCUT2D eigenvalue weighted by molar-refractivity contribution is -0.141. The molecule has 0 aliphatic carbocycles. The average molecular weight is 506 g/mol. The van der Waals surface area contributed by atoms with E-state index in [-0.39, 0.29) is 13.2 Å². The maximum atomic E-state index is 13.8. The topological polar surface area (TPSA) is 108 Å². The van der Waals surface area contributed by atoms with E-state index in [0.717, 1.165) is 16.3 Å². The Balaban J connectivity index is 1.94. The second-order valence-electron chi connectivity index (χ2n) is 9.93. The van der Waals surface area contributed by atoms with Crippen LogP contribution < -0.4 is 10.6 Å². The number of carbonyl (C=O) groups is 3. The van der Waals surface area contributed by atoms with E-state index in [1.54, 1.807) is 39.0 Å². The van der Waals surface area contributed by atoms with Crippen LogP contribution in [0, 0.1) is 6.92 Å². The number of rotatable bonds is 8. The third-order valence-electron chi connectivity index (χ3n) is 5.79. The molecule has 2 atom stereocenters. The van der Waals surface area contributed by atoms with Gasteiger partial charge < -0.3 is 25.4 Å². The van der Waals surface area contributed by atoms with Gasteiger partial charge >= 0.3 is 6.09 Å². The molecule has 0 bridgehead atoms. The van der Waals surface area contributed by atoms with Gasteiger partial charge in [0.2, 0.25) is 5.91 Å². The predicted octanol–water partition coefficient (Wildman–Crippen LogP) is 4.56. The molecule has 0 heterocycles. The van der Waals surface area contributed by atoms with E-state index in [2.05, 4.69) is 10.6 Å². The standard InChI is InChI=1S/C29H35N3O5/c1-19-10-6-9-13-24(19)25(26(34)31-23-15-14-21-11-7-8-12-22(21)18-23)32(16-17-33)27(35)20(2)30-28(36)37-29(3,4)5/h6-15,18,20,25,33H,16-17H2,1-5H3,(H,30,36)(H,31,34). The first-order valence-corrected chi connectivity index (χ1v) is 12.3. The van der Waals surface area contributed by atoms with Crippen molar-refractivity contribution in [1.82, 2.24) is 10.2 Å². The highest BCUT2D eigenvalue weighted by Crippen LogP contribution is 2.27. The van der Waals surface area contributed by atoms with Crippen LogP contribution in [0.5, 0.6) is 0 Å². The maximum absolute atomic E-state index is 13.8. The number of aryl methyl sites for hydroxylation is 1. The molecule has 196 valence electrons. The number of aliphatic hydroxyl groups excluding tert-OH is 1. The summed E-state index contributed by atoms with van der Waals surface area (Å²) in [7, 11) is 0. The molecule has 0 saturated heterocycles. The van der Waals surface area contributed by atoms with E-state index >= 15 is 0 Å². The van der Waals surface area contributed by atoms with Gasteiger partial charge in [-0.3, -0.25) is 9.59 Å². The van der Waals surface area contributed by atoms with Crippen LogP contribution in [-0.2, 0) is 14.3 Å². The van der Waals surface area contributed by atoms with Crippen molar-refractivity contribution in [3.63, 3.8) is 0 Å². The van der Waals surface area contributed by atoms with Crippen molar-refractivity contribution >= 4 is 34.4 Å². The fourth-order valence-electron chi connectivity index (χ4n) is 4.09. The van der Waals surface area contributed by atoms with Gasteiger partial charge in [-0.05, 0) is 68.7 Å². The van der Waals surface area contributed by atoms with Crippen molar-refractivity contribution in [3.05, 3.63) is 77.9 Å². The van der Waals surface area contributed by atoms with Crippen LogP contribution in [0.1, 0.15) is 44.9 Å². The van der Waals surface area contributed by atoms with Crippen molar-refractivity contribution in [2.45, 2.75) is 52.3 Å². The summed E-state index contributed by atoms with van der Waals surface area (Å²) < 4.78 is 5.27. The maximum Gasteiger partial charge on any atom is 0.408 e. The molecule has 0 spiro atoms. The highest BCUT2D eigenvalue weighted by molar-refractivity contribution is 6.00. The largest absolute Gasteiger partial charge is 0.444 e. The van der Waals surface area contributed by atoms with Crippen molar-refractivity contribution in [1.29, 1.82) is 0 Å². The molecule has 0 aromatic heterocycles. The number of carbonyl (C=O) groups excluding carboxylic acids is 3. The summed E-state index contributed by atoms with van der Waals surface area (Å²) in [6, 6.07) is 18.6. The quantitative estimate of drug-likeness (QED) is 0.416. The molecule has 0 fully saturated rings. The molecule has 2 unspecified atom stereocenters. The Morgan fingerprint density at radius 2 is 1.62 bits per heavy atom. The van der Waals surface area contributed by atoms with Crippen LogP contribution in [0.25, 0.3) is 10.8 Å². The van der Waals surface area contributed by atoms with Gasteiger partial charge in [-0.25, -0.2) is 4.79 Å². The molecule has 0 saturated carbocycles. The first-order chi connectivity index (χ1) is 17.5. The Hall–Kier alpha value is -3.91. The van der Waals surface area contributed by atoms with Crippen LogP contribution in [-0.4, -0.2) is 52.7 Å². The third kappa shape index (κ3) is 7.30. The molecule has 3 amide bonds. The Morgan fingerprint density at radius 3 is 2.27 bits per heavy atom. The summed E-state index contributed by atoms with van der Waals surface area (Å²) in [4.78, 5) is 40.9. The minimum Gasteiger partial charge on any atom is -0.444 e. The molecule has 3 N–H and O–H groups in total. The summed E-state index contributed by atoms with van der Waals surface area (Å²) in [5, 5.41) is 17.3. The monoisotopic (exact) mass is 505 g/mol. The number of benzene rings is 3. The van der Waals surface area contributed by atoms with Gasteiger partial charge in [-0.15, -0.1) is 0 Å². The molecular formula is C29H35N3O5. The van der Waals surface area contributed by atoms with Crippen LogP contribution in [0.3, 0.4) is 0 Å². The van der Waals surface area contributed by atoms with Gasteiger partial charge in [0.15, 0.2) is 0 Å². The molecular weight excluding hydrogens is 470 g/mol. The zero-order valence-electron chi connectivity index (χ0n) is 21.9. The van der Waals surface area contributed by atoms with Gasteiger partial charge in [0, 0.05) is 12.2 Å². The normalized spacial score (nSPS) is 12.9. The minimum atomic E-state index is -1.05. The molecule has 8 nitrogen and oxygen atoms in total. The number of nitrogens with one attached hydrogen (secondary N) is 2. The summed E-state index contributed by atoms with van der Waals surface area (Å²) in [5.74, 6) is -0.960. The number of fused-ring (bicyclic) bond motifs is 1. The first-order valence-electron chi connectivity index (χ1n) is 12.3. The number of amides is 3. The van der Waals surface area contributed by atoms with Crippen LogP contribution in [0.2, 0.25) is 0 Å². The fraction of sp³-hybridized carbons (Fsp3) is 0.345. The van der Waals surface area contributed by atoms with Gasteiger partial charge in [-0.2, -0.15) is 0 Å². The molecule has 37 heavy (non-hydrogen) atoms. The van der Waals surface area contributed by atoms with E-state index < -0.39 is 35.6 Å². The predicted molar refractivity (Wildman–Crippen MR) is 144 cm³/mol. The minimum absolute atomic E-state index is 0.108. The molecule has 3 aromatic carbocycles. The van der Waals surface area contributed by atoms with Gasteiger partial charge in [-0.1, -0.05) is 54.6 Å². The van der Waals surface area contributed by atoms with Crippen molar-refractivity contribution in [2.75, 3.05) is 18.5 Å². The van der Waals surface area contributed by atoms with Crippen molar-refractivity contribution in [2.24, 2.45) is 0 Å². The highest BCUT2D eigenvalue weighted by atomic mass is 16.6. The molecule has 0 aliphatic rings. The van der Waals surface area contributed by atoms with Crippen LogP contribution >= 0.6 is 0 Å². The zero-order chi connectivity index (χ0) is 27.2. The fourth-order valence-corrected chi connectivity index (χ4v) is 4.09. The number of ether oxygens (including phenoxy) is 1.